The monoisotopic (exact) mass is 316 g/mol. The number of carbonyl (C=O) groups excluding carboxylic acids is 1. The van der Waals surface area contributed by atoms with Gasteiger partial charge in [0.1, 0.15) is 5.75 Å². The predicted octanol–water partition coefficient (Wildman–Crippen LogP) is 2.97. The Balaban J connectivity index is 1.48. The van der Waals surface area contributed by atoms with E-state index in [0.717, 1.165) is 23.8 Å². The van der Waals surface area contributed by atoms with Gasteiger partial charge in [-0.2, -0.15) is 0 Å². The number of hydrogen-bond donors (Lipinski definition) is 1. The average Bonchev–Trinajstić information content (AvgIpc) is 2.61. The van der Waals surface area contributed by atoms with Gasteiger partial charge in [0.05, 0.1) is 13.7 Å². The third kappa shape index (κ3) is 4.25. The van der Waals surface area contributed by atoms with Crippen LogP contribution in [0.4, 0.5) is 0 Å². The summed E-state index contributed by atoms with van der Waals surface area (Å²) in [4.78, 5) is 14.7. The van der Waals surface area contributed by atoms with Crippen LogP contribution in [0.2, 0.25) is 0 Å². The molecule has 1 aromatic rings. The molecule has 2 atom stereocenters. The number of piperidine rings is 1. The Morgan fingerprint density at radius 1 is 1.17 bits per heavy atom. The highest BCUT2D eigenvalue weighted by Crippen LogP contribution is 2.34. The average molecular weight is 316 g/mol. The van der Waals surface area contributed by atoms with Gasteiger partial charge in [0.25, 0.3) is 0 Å². The number of rotatable bonds is 5. The predicted molar refractivity (Wildman–Crippen MR) is 91.4 cm³/mol. The van der Waals surface area contributed by atoms with E-state index in [9.17, 15) is 4.79 Å². The molecule has 1 heterocycles. The second-order valence-corrected chi connectivity index (χ2v) is 6.85. The zero-order valence-corrected chi connectivity index (χ0v) is 14.1. The molecule has 126 valence electrons. The van der Waals surface area contributed by atoms with Crippen molar-refractivity contribution in [2.45, 2.75) is 51.1 Å². The van der Waals surface area contributed by atoms with E-state index >= 15 is 0 Å². The molecule has 0 radical (unpaired) electrons. The molecule has 4 heteroatoms. The number of nitrogens with zero attached hydrogens (tertiary/aromatic N) is 1. The van der Waals surface area contributed by atoms with E-state index in [1.165, 1.54) is 38.5 Å². The molecule has 0 spiro atoms. The Morgan fingerprint density at radius 2 is 1.91 bits per heavy atom. The van der Waals surface area contributed by atoms with Crippen molar-refractivity contribution in [1.82, 2.24) is 10.2 Å². The van der Waals surface area contributed by atoms with E-state index in [4.69, 9.17) is 4.74 Å². The van der Waals surface area contributed by atoms with Gasteiger partial charge in [-0.1, -0.05) is 25.0 Å². The summed E-state index contributed by atoms with van der Waals surface area (Å²) < 4.78 is 5.15. The maximum absolute atomic E-state index is 12.3. The SMILES string of the molecule is COc1ccc(CNC(=O)CN2CCCC3CCCCC32)cc1. The number of likely N-dealkylation sites (tertiary alicyclic amines) is 1. The lowest BCUT2D eigenvalue weighted by atomic mass is 9.78. The first-order valence-corrected chi connectivity index (χ1v) is 8.90. The minimum Gasteiger partial charge on any atom is -0.497 e. The Labute approximate surface area is 139 Å². The van der Waals surface area contributed by atoms with Crippen LogP contribution in [-0.2, 0) is 11.3 Å². The molecule has 2 fully saturated rings. The number of hydrogen-bond acceptors (Lipinski definition) is 3. The molecule has 0 bridgehead atoms. The lowest BCUT2D eigenvalue weighted by molar-refractivity contribution is -0.124. The first-order chi connectivity index (χ1) is 11.3. The van der Waals surface area contributed by atoms with E-state index in [1.807, 2.05) is 24.3 Å². The summed E-state index contributed by atoms with van der Waals surface area (Å²) in [6, 6.07) is 8.50. The minimum absolute atomic E-state index is 0.145. The van der Waals surface area contributed by atoms with Crippen LogP contribution in [-0.4, -0.2) is 37.0 Å². The lowest BCUT2D eigenvalue weighted by Gasteiger charge is -2.43. The van der Waals surface area contributed by atoms with Gasteiger partial charge in [0.2, 0.25) is 5.91 Å². The van der Waals surface area contributed by atoms with Crippen molar-refractivity contribution >= 4 is 5.91 Å². The molecular formula is C19H28N2O2. The van der Waals surface area contributed by atoms with Crippen LogP contribution in [0.1, 0.15) is 44.1 Å². The van der Waals surface area contributed by atoms with Crippen LogP contribution in [0.5, 0.6) is 5.75 Å². The molecule has 3 rings (SSSR count). The second kappa shape index (κ2) is 7.82. The molecule has 1 N–H and O–H groups in total. The van der Waals surface area contributed by atoms with Crippen molar-refractivity contribution in [3.63, 3.8) is 0 Å². The lowest BCUT2D eigenvalue weighted by Crippen LogP contribution is -2.50. The molecule has 1 amide bonds. The fourth-order valence-corrected chi connectivity index (χ4v) is 4.11. The first-order valence-electron chi connectivity index (χ1n) is 8.90. The molecule has 2 unspecified atom stereocenters. The molecule has 23 heavy (non-hydrogen) atoms. The maximum atomic E-state index is 12.3. The van der Waals surface area contributed by atoms with Crippen LogP contribution >= 0.6 is 0 Å². The summed E-state index contributed by atoms with van der Waals surface area (Å²) in [5.74, 6) is 1.82. The van der Waals surface area contributed by atoms with E-state index in [2.05, 4.69) is 10.2 Å². The Hall–Kier alpha value is -1.55. The fourth-order valence-electron chi connectivity index (χ4n) is 4.11. The maximum Gasteiger partial charge on any atom is 0.234 e. The van der Waals surface area contributed by atoms with E-state index in [1.54, 1.807) is 7.11 Å². The van der Waals surface area contributed by atoms with Crippen LogP contribution in [0.15, 0.2) is 24.3 Å². The third-order valence-electron chi connectivity index (χ3n) is 5.35. The van der Waals surface area contributed by atoms with Gasteiger partial charge in [-0.3, -0.25) is 9.69 Å². The minimum atomic E-state index is 0.145. The number of methoxy groups -OCH3 is 1. The Morgan fingerprint density at radius 3 is 2.70 bits per heavy atom. The van der Waals surface area contributed by atoms with Crippen molar-refractivity contribution in [2.24, 2.45) is 5.92 Å². The largest absolute Gasteiger partial charge is 0.497 e. The van der Waals surface area contributed by atoms with E-state index < -0.39 is 0 Å². The molecule has 1 aliphatic carbocycles. The first kappa shape index (κ1) is 16.3. The number of benzene rings is 1. The highest BCUT2D eigenvalue weighted by Gasteiger charge is 2.33. The Bertz CT molecular complexity index is 513. The summed E-state index contributed by atoms with van der Waals surface area (Å²) in [7, 11) is 1.66. The summed E-state index contributed by atoms with van der Waals surface area (Å²) in [5.41, 5.74) is 1.10. The second-order valence-electron chi connectivity index (χ2n) is 6.85. The third-order valence-corrected chi connectivity index (χ3v) is 5.35. The summed E-state index contributed by atoms with van der Waals surface area (Å²) in [6.07, 6.45) is 7.93. The number of fused-ring (bicyclic) bond motifs is 1. The van der Waals surface area contributed by atoms with Crippen molar-refractivity contribution in [3.05, 3.63) is 29.8 Å². The normalized spacial score (nSPS) is 24.7. The summed E-state index contributed by atoms with van der Waals surface area (Å²) in [5, 5.41) is 3.06. The zero-order chi connectivity index (χ0) is 16.1. The molecule has 4 nitrogen and oxygen atoms in total. The quantitative estimate of drug-likeness (QED) is 0.908. The topological polar surface area (TPSA) is 41.6 Å². The van der Waals surface area contributed by atoms with Crippen LogP contribution in [0, 0.1) is 5.92 Å². The summed E-state index contributed by atoms with van der Waals surface area (Å²) >= 11 is 0. The van der Waals surface area contributed by atoms with Crippen molar-refractivity contribution < 1.29 is 9.53 Å². The number of amides is 1. The van der Waals surface area contributed by atoms with Gasteiger partial charge in [-0.15, -0.1) is 0 Å². The number of ether oxygens (including phenoxy) is 1. The Kier molecular flexibility index (Phi) is 5.55. The van der Waals surface area contributed by atoms with Gasteiger partial charge in [-0.05, 0) is 55.8 Å². The van der Waals surface area contributed by atoms with Crippen molar-refractivity contribution in [1.29, 1.82) is 0 Å². The fraction of sp³-hybridized carbons (Fsp3) is 0.632. The highest BCUT2D eigenvalue weighted by molar-refractivity contribution is 5.78. The summed E-state index contributed by atoms with van der Waals surface area (Å²) in [6.45, 7) is 2.22. The standard InChI is InChI=1S/C19H28N2O2/c1-23-17-10-8-15(9-11-17)13-20-19(22)14-21-12-4-6-16-5-2-3-7-18(16)21/h8-11,16,18H,2-7,12-14H2,1H3,(H,20,22). The van der Waals surface area contributed by atoms with Gasteiger partial charge < -0.3 is 10.1 Å². The van der Waals surface area contributed by atoms with E-state index in [0.29, 0.717) is 19.1 Å². The molecule has 1 saturated heterocycles. The van der Waals surface area contributed by atoms with Gasteiger partial charge in [-0.25, -0.2) is 0 Å². The van der Waals surface area contributed by atoms with Crippen molar-refractivity contribution in [3.8, 4) is 5.75 Å². The molecule has 1 saturated carbocycles. The van der Waals surface area contributed by atoms with Crippen molar-refractivity contribution in [2.75, 3.05) is 20.2 Å². The zero-order valence-electron chi connectivity index (χ0n) is 14.1. The molecule has 2 aliphatic rings. The van der Waals surface area contributed by atoms with Crippen LogP contribution in [0.3, 0.4) is 0 Å². The molecule has 1 aromatic carbocycles. The van der Waals surface area contributed by atoms with Gasteiger partial charge >= 0.3 is 0 Å². The van der Waals surface area contributed by atoms with Gasteiger partial charge in [0, 0.05) is 12.6 Å². The van der Waals surface area contributed by atoms with Crippen LogP contribution < -0.4 is 10.1 Å². The highest BCUT2D eigenvalue weighted by atomic mass is 16.5. The smallest absolute Gasteiger partial charge is 0.234 e. The molecule has 0 aromatic heterocycles. The molecule has 1 aliphatic heterocycles. The number of nitrogens with one attached hydrogen (secondary N) is 1. The molecular weight excluding hydrogens is 288 g/mol. The van der Waals surface area contributed by atoms with Crippen LogP contribution in [0.25, 0.3) is 0 Å². The van der Waals surface area contributed by atoms with Gasteiger partial charge in [0.15, 0.2) is 0 Å². The number of carbonyl (C=O) groups is 1. The van der Waals surface area contributed by atoms with E-state index in [-0.39, 0.29) is 5.91 Å².